The van der Waals surface area contributed by atoms with Gasteiger partial charge >= 0.3 is 0 Å². The summed E-state index contributed by atoms with van der Waals surface area (Å²) in [6.45, 7) is 5.96. The molecule has 23 heavy (non-hydrogen) atoms. The summed E-state index contributed by atoms with van der Waals surface area (Å²) in [5.74, 6) is 3.36. The topological polar surface area (TPSA) is 69.9 Å². The zero-order valence-electron chi connectivity index (χ0n) is 13.7. The molecule has 1 aliphatic rings. The second-order valence-corrected chi connectivity index (χ2v) is 6.34. The van der Waals surface area contributed by atoms with Crippen LogP contribution in [0.15, 0.2) is 21.1 Å². The normalized spacial score (nSPS) is 15.6. The van der Waals surface area contributed by atoms with Gasteiger partial charge in [-0.2, -0.15) is 0 Å². The van der Waals surface area contributed by atoms with Crippen LogP contribution in [0, 0.1) is 20.8 Å². The van der Waals surface area contributed by atoms with E-state index in [1.54, 1.807) is 0 Å². The predicted molar refractivity (Wildman–Crippen MR) is 84.5 cm³/mol. The molecule has 0 amide bonds. The van der Waals surface area contributed by atoms with Crippen LogP contribution in [0.4, 0.5) is 0 Å². The molecule has 0 spiro atoms. The minimum Gasteiger partial charge on any atom is -0.420 e. The number of hydrogen-bond acceptors (Lipinski definition) is 5. The highest BCUT2D eigenvalue weighted by Crippen LogP contribution is 2.35. The van der Waals surface area contributed by atoms with Crippen LogP contribution in [0.1, 0.15) is 54.6 Å². The first-order chi connectivity index (χ1) is 11.1. The molecule has 120 valence electrons. The molecule has 0 N–H and O–H groups in total. The lowest BCUT2D eigenvalue weighted by Crippen LogP contribution is -1.99. The van der Waals surface area contributed by atoms with Gasteiger partial charge in [-0.05, 0) is 39.7 Å². The molecule has 0 radical (unpaired) electrons. The first-order valence-corrected chi connectivity index (χ1v) is 8.10. The Morgan fingerprint density at radius 1 is 1.09 bits per heavy atom. The standard InChI is InChI=1S/C17H20N4O2/c1-10-8-14(12(3)21(10)15-9-11(2)23-20-15)17-19-18-16(22-17)13-6-4-5-7-13/h8-9,13H,4-7H2,1-3H3. The summed E-state index contributed by atoms with van der Waals surface area (Å²) in [5, 5.41) is 12.6. The lowest BCUT2D eigenvalue weighted by molar-refractivity contribution is 0.394. The Hall–Kier alpha value is -2.37. The molecule has 3 aromatic rings. The average molecular weight is 312 g/mol. The molecular formula is C17H20N4O2. The van der Waals surface area contributed by atoms with Crippen LogP contribution >= 0.6 is 0 Å². The van der Waals surface area contributed by atoms with Crippen LogP contribution in [0.25, 0.3) is 17.3 Å². The molecule has 0 unspecified atom stereocenters. The molecule has 6 nitrogen and oxygen atoms in total. The highest BCUT2D eigenvalue weighted by Gasteiger charge is 2.24. The first kappa shape index (κ1) is 14.2. The van der Waals surface area contributed by atoms with Crippen molar-refractivity contribution in [3.63, 3.8) is 0 Å². The maximum Gasteiger partial charge on any atom is 0.249 e. The summed E-state index contributed by atoms with van der Waals surface area (Å²) in [5.41, 5.74) is 3.05. The monoisotopic (exact) mass is 312 g/mol. The summed E-state index contributed by atoms with van der Waals surface area (Å²) in [6.07, 6.45) is 4.81. The van der Waals surface area contributed by atoms with Gasteiger partial charge in [0.25, 0.3) is 0 Å². The minimum absolute atomic E-state index is 0.429. The summed E-state index contributed by atoms with van der Waals surface area (Å²) in [4.78, 5) is 0. The number of hydrogen-bond donors (Lipinski definition) is 0. The van der Waals surface area contributed by atoms with Crippen molar-refractivity contribution in [1.29, 1.82) is 0 Å². The van der Waals surface area contributed by atoms with E-state index < -0.39 is 0 Å². The fourth-order valence-electron chi connectivity index (χ4n) is 3.47. The fourth-order valence-corrected chi connectivity index (χ4v) is 3.47. The van der Waals surface area contributed by atoms with E-state index in [0.717, 1.165) is 47.3 Å². The Bertz CT molecular complexity index is 837. The third kappa shape index (κ3) is 2.38. The van der Waals surface area contributed by atoms with Crippen LogP contribution in [-0.2, 0) is 0 Å². The third-order valence-electron chi connectivity index (χ3n) is 4.65. The van der Waals surface area contributed by atoms with Gasteiger partial charge < -0.3 is 8.94 Å². The van der Waals surface area contributed by atoms with E-state index in [-0.39, 0.29) is 0 Å². The van der Waals surface area contributed by atoms with Gasteiger partial charge in [-0.25, -0.2) is 0 Å². The average Bonchev–Trinajstić information content (AvgIpc) is 3.26. The van der Waals surface area contributed by atoms with Gasteiger partial charge in [-0.3, -0.25) is 4.57 Å². The molecule has 1 saturated carbocycles. The molecule has 3 heterocycles. The summed E-state index contributed by atoms with van der Waals surface area (Å²) in [7, 11) is 0. The Labute approximate surface area is 134 Å². The molecule has 0 saturated heterocycles. The van der Waals surface area contributed by atoms with Crippen molar-refractivity contribution in [2.45, 2.75) is 52.4 Å². The van der Waals surface area contributed by atoms with E-state index in [9.17, 15) is 0 Å². The zero-order chi connectivity index (χ0) is 16.0. The summed E-state index contributed by atoms with van der Waals surface area (Å²) < 4.78 is 13.2. The van der Waals surface area contributed by atoms with Crippen LogP contribution in [0.3, 0.4) is 0 Å². The van der Waals surface area contributed by atoms with Crippen molar-refractivity contribution in [1.82, 2.24) is 19.9 Å². The molecule has 1 aliphatic carbocycles. The lowest BCUT2D eigenvalue weighted by Gasteiger charge is -2.04. The van der Waals surface area contributed by atoms with Crippen LogP contribution in [0.2, 0.25) is 0 Å². The van der Waals surface area contributed by atoms with Crippen molar-refractivity contribution >= 4 is 0 Å². The molecular weight excluding hydrogens is 292 g/mol. The number of nitrogens with zero attached hydrogens (tertiary/aromatic N) is 4. The Balaban J connectivity index is 1.72. The maximum absolute atomic E-state index is 5.96. The van der Waals surface area contributed by atoms with E-state index in [0.29, 0.717) is 11.8 Å². The van der Waals surface area contributed by atoms with Gasteiger partial charge in [0.05, 0.1) is 5.56 Å². The van der Waals surface area contributed by atoms with Crippen LogP contribution in [-0.4, -0.2) is 19.9 Å². The van der Waals surface area contributed by atoms with Gasteiger partial charge in [-0.1, -0.05) is 18.0 Å². The minimum atomic E-state index is 0.429. The van der Waals surface area contributed by atoms with Crippen LogP contribution in [0.5, 0.6) is 0 Å². The molecule has 3 aromatic heterocycles. The smallest absolute Gasteiger partial charge is 0.249 e. The lowest BCUT2D eigenvalue weighted by atomic mass is 10.1. The van der Waals surface area contributed by atoms with Crippen molar-refractivity contribution in [3.8, 4) is 17.3 Å². The maximum atomic E-state index is 5.96. The van der Waals surface area contributed by atoms with E-state index in [1.807, 2.05) is 31.4 Å². The predicted octanol–water partition coefficient (Wildman–Crippen LogP) is 4.10. The number of aryl methyl sites for hydroxylation is 2. The fraction of sp³-hybridized carbons (Fsp3) is 0.471. The van der Waals surface area contributed by atoms with E-state index in [2.05, 4.69) is 21.4 Å². The molecule has 0 atom stereocenters. The van der Waals surface area contributed by atoms with Crippen LogP contribution < -0.4 is 0 Å². The number of rotatable bonds is 3. The van der Waals surface area contributed by atoms with E-state index >= 15 is 0 Å². The molecule has 0 bridgehead atoms. The molecule has 6 heteroatoms. The van der Waals surface area contributed by atoms with Crippen molar-refractivity contribution in [3.05, 3.63) is 35.2 Å². The highest BCUT2D eigenvalue weighted by molar-refractivity contribution is 5.60. The highest BCUT2D eigenvalue weighted by atomic mass is 16.5. The molecule has 1 fully saturated rings. The van der Waals surface area contributed by atoms with Gasteiger partial charge in [0.15, 0.2) is 5.82 Å². The van der Waals surface area contributed by atoms with E-state index in [4.69, 9.17) is 8.94 Å². The second-order valence-electron chi connectivity index (χ2n) is 6.34. The zero-order valence-corrected chi connectivity index (χ0v) is 13.7. The molecule has 0 aliphatic heterocycles. The Kier molecular flexibility index (Phi) is 3.32. The third-order valence-corrected chi connectivity index (χ3v) is 4.65. The Morgan fingerprint density at radius 2 is 1.87 bits per heavy atom. The largest absolute Gasteiger partial charge is 0.420 e. The molecule has 0 aromatic carbocycles. The van der Waals surface area contributed by atoms with Crippen molar-refractivity contribution in [2.75, 3.05) is 0 Å². The van der Waals surface area contributed by atoms with Gasteiger partial charge in [0.1, 0.15) is 5.76 Å². The first-order valence-electron chi connectivity index (χ1n) is 8.10. The van der Waals surface area contributed by atoms with Gasteiger partial charge in [-0.15, -0.1) is 10.2 Å². The SMILES string of the molecule is Cc1cc(-n2c(C)cc(-c3nnc(C4CCCC4)o3)c2C)no1. The summed E-state index contributed by atoms with van der Waals surface area (Å²) in [6, 6.07) is 3.98. The number of aromatic nitrogens is 4. The van der Waals surface area contributed by atoms with Gasteiger partial charge in [0, 0.05) is 23.4 Å². The van der Waals surface area contributed by atoms with E-state index in [1.165, 1.54) is 12.8 Å². The molecule has 4 rings (SSSR count). The summed E-state index contributed by atoms with van der Waals surface area (Å²) >= 11 is 0. The Morgan fingerprint density at radius 3 is 2.57 bits per heavy atom. The van der Waals surface area contributed by atoms with Gasteiger partial charge in [0.2, 0.25) is 11.8 Å². The van der Waals surface area contributed by atoms with Crippen molar-refractivity contribution in [2.24, 2.45) is 0 Å². The van der Waals surface area contributed by atoms with Crippen molar-refractivity contribution < 1.29 is 8.94 Å². The quantitative estimate of drug-likeness (QED) is 0.728. The second kappa shape index (κ2) is 5.37.